The molecule has 0 radical (unpaired) electrons. The summed E-state index contributed by atoms with van der Waals surface area (Å²) < 4.78 is 5.50. The van der Waals surface area contributed by atoms with Gasteiger partial charge >= 0.3 is 0 Å². The number of nitrogens with one attached hydrogen (secondary N) is 1. The Morgan fingerprint density at radius 2 is 1.84 bits per heavy atom. The lowest BCUT2D eigenvalue weighted by molar-refractivity contribution is 0.115. The van der Waals surface area contributed by atoms with Crippen LogP contribution in [-0.4, -0.2) is 30.2 Å². The van der Waals surface area contributed by atoms with Gasteiger partial charge in [-0.2, -0.15) is 0 Å². The fraction of sp³-hybridized carbons (Fsp3) is 0.733. The number of rotatable bonds is 8. The summed E-state index contributed by atoms with van der Waals surface area (Å²) in [5, 5.41) is 3.21. The zero-order chi connectivity index (χ0) is 14.3. The minimum atomic E-state index is 0.516. The predicted octanol–water partition coefficient (Wildman–Crippen LogP) is 2.42. The van der Waals surface area contributed by atoms with Crippen LogP contribution in [0.2, 0.25) is 0 Å². The molecule has 0 saturated heterocycles. The third-order valence-electron chi connectivity index (χ3n) is 3.15. The van der Waals surface area contributed by atoms with Crippen molar-refractivity contribution in [3.05, 3.63) is 22.8 Å². The van der Waals surface area contributed by atoms with Crippen molar-refractivity contribution in [1.29, 1.82) is 0 Å². The fourth-order valence-corrected chi connectivity index (χ4v) is 2.25. The second-order valence-corrected chi connectivity index (χ2v) is 5.21. The summed E-state index contributed by atoms with van der Waals surface area (Å²) in [6.07, 6.45) is 2.05. The highest BCUT2D eigenvalue weighted by atomic mass is 16.5. The number of aryl methyl sites for hydroxylation is 2. The Hall–Kier alpha value is -1.00. The molecule has 1 heterocycles. The summed E-state index contributed by atoms with van der Waals surface area (Å²) in [4.78, 5) is 9.12. The van der Waals surface area contributed by atoms with E-state index in [1.807, 2.05) is 7.05 Å². The van der Waals surface area contributed by atoms with Gasteiger partial charge in [0.25, 0.3) is 0 Å². The molecule has 4 heteroatoms. The highest BCUT2D eigenvalue weighted by molar-refractivity contribution is 5.24. The van der Waals surface area contributed by atoms with Gasteiger partial charge in [0.2, 0.25) is 0 Å². The van der Waals surface area contributed by atoms with Crippen molar-refractivity contribution in [2.45, 2.75) is 47.1 Å². The van der Waals surface area contributed by atoms with Crippen LogP contribution in [-0.2, 0) is 17.8 Å². The van der Waals surface area contributed by atoms with Crippen LogP contribution in [0, 0.1) is 19.8 Å². The van der Waals surface area contributed by atoms with Crippen LogP contribution in [0.15, 0.2) is 0 Å². The molecule has 0 spiro atoms. The molecule has 1 N–H and O–H groups in total. The molecular weight excluding hydrogens is 238 g/mol. The Kier molecular flexibility index (Phi) is 6.95. The molecule has 0 amide bonds. The number of hydrogen-bond acceptors (Lipinski definition) is 4. The molecule has 0 aliphatic carbocycles. The molecule has 1 rings (SSSR count). The van der Waals surface area contributed by atoms with Crippen molar-refractivity contribution in [3.8, 4) is 0 Å². The Morgan fingerprint density at radius 1 is 1.21 bits per heavy atom. The van der Waals surface area contributed by atoms with E-state index in [4.69, 9.17) is 4.74 Å². The predicted molar refractivity (Wildman–Crippen MR) is 78.2 cm³/mol. The first kappa shape index (κ1) is 16.1. The average molecular weight is 265 g/mol. The molecule has 108 valence electrons. The third-order valence-corrected chi connectivity index (χ3v) is 3.15. The summed E-state index contributed by atoms with van der Waals surface area (Å²) in [6, 6.07) is 0. The van der Waals surface area contributed by atoms with Crippen molar-refractivity contribution >= 4 is 0 Å². The van der Waals surface area contributed by atoms with E-state index in [1.54, 1.807) is 0 Å². The molecule has 1 unspecified atom stereocenters. The minimum Gasteiger partial charge on any atom is -0.373 e. The molecular formula is C15H27N3O. The zero-order valence-corrected chi connectivity index (χ0v) is 12.9. The highest BCUT2D eigenvalue weighted by Gasteiger charge is 2.11. The zero-order valence-electron chi connectivity index (χ0n) is 12.9. The van der Waals surface area contributed by atoms with Crippen LogP contribution in [0.5, 0.6) is 0 Å². The maximum atomic E-state index is 5.50. The van der Waals surface area contributed by atoms with Gasteiger partial charge in [-0.05, 0) is 51.8 Å². The number of nitrogens with zero attached hydrogens (tertiary/aromatic N) is 2. The van der Waals surface area contributed by atoms with Crippen molar-refractivity contribution < 1.29 is 4.74 Å². The summed E-state index contributed by atoms with van der Waals surface area (Å²) >= 11 is 0. The van der Waals surface area contributed by atoms with Gasteiger partial charge in [0, 0.05) is 18.0 Å². The van der Waals surface area contributed by atoms with Gasteiger partial charge in [0.1, 0.15) is 6.61 Å². The quantitative estimate of drug-likeness (QED) is 0.733. The molecule has 0 aromatic carbocycles. The molecule has 0 aliphatic heterocycles. The normalized spacial score (nSPS) is 12.7. The standard InChI is InChI=1S/C15H27N3O/c1-6-7-19-10-15-17-12(3)14(13(4)18-15)8-11(2)9-16-5/h11,16H,6-10H2,1-5H3. The van der Waals surface area contributed by atoms with E-state index in [0.29, 0.717) is 12.5 Å². The van der Waals surface area contributed by atoms with Crippen LogP contribution in [0.1, 0.15) is 43.0 Å². The smallest absolute Gasteiger partial charge is 0.154 e. The van der Waals surface area contributed by atoms with Gasteiger partial charge in [0.05, 0.1) is 0 Å². The van der Waals surface area contributed by atoms with Crippen LogP contribution in [0.3, 0.4) is 0 Å². The molecule has 1 aromatic rings. The fourth-order valence-electron chi connectivity index (χ4n) is 2.25. The summed E-state index contributed by atoms with van der Waals surface area (Å²) in [5.74, 6) is 1.39. The van der Waals surface area contributed by atoms with E-state index in [2.05, 4.69) is 43.0 Å². The largest absolute Gasteiger partial charge is 0.373 e. The van der Waals surface area contributed by atoms with Crippen LogP contribution in [0.25, 0.3) is 0 Å². The third kappa shape index (κ3) is 5.25. The first-order valence-electron chi connectivity index (χ1n) is 7.13. The van der Waals surface area contributed by atoms with Crippen molar-refractivity contribution in [3.63, 3.8) is 0 Å². The van der Waals surface area contributed by atoms with Crippen molar-refractivity contribution in [2.24, 2.45) is 5.92 Å². The Morgan fingerprint density at radius 3 is 2.37 bits per heavy atom. The molecule has 1 aromatic heterocycles. The van der Waals surface area contributed by atoms with E-state index < -0.39 is 0 Å². The van der Waals surface area contributed by atoms with E-state index in [9.17, 15) is 0 Å². The summed E-state index contributed by atoms with van der Waals surface area (Å²) in [6.45, 7) is 10.8. The number of aromatic nitrogens is 2. The average Bonchev–Trinajstić information content (AvgIpc) is 2.34. The van der Waals surface area contributed by atoms with Gasteiger partial charge in [-0.15, -0.1) is 0 Å². The lowest BCUT2D eigenvalue weighted by Crippen LogP contribution is -2.19. The van der Waals surface area contributed by atoms with Crippen molar-refractivity contribution in [1.82, 2.24) is 15.3 Å². The molecule has 19 heavy (non-hydrogen) atoms. The van der Waals surface area contributed by atoms with Crippen molar-refractivity contribution in [2.75, 3.05) is 20.2 Å². The number of hydrogen-bond donors (Lipinski definition) is 1. The van der Waals surface area contributed by atoms with E-state index in [1.165, 1.54) is 5.56 Å². The van der Waals surface area contributed by atoms with Crippen LogP contribution < -0.4 is 5.32 Å². The van der Waals surface area contributed by atoms with E-state index in [-0.39, 0.29) is 0 Å². The second-order valence-electron chi connectivity index (χ2n) is 5.21. The van der Waals surface area contributed by atoms with E-state index >= 15 is 0 Å². The molecule has 0 aliphatic rings. The molecule has 0 bridgehead atoms. The Labute approximate surface area is 117 Å². The first-order valence-corrected chi connectivity index (χ1v) is 7.13. The topological polar surface area (TPSA) is 47.0 Å². The van der Waals surface area contributed by atoms with Gasteiger partial charge < -0.3 is 10.1 Å². The lowest BCUT2D eigenvalue weighted by Gasteiger charge is -2.15. The highest BCUT2D eigenvalue weighted by Crippen LogP contribution is 2.15. The first-order chi connectivity index (χ1) is 9.08. The molecule has 0 saturated carbocycles. The van der Waals surface area contributed by atoms with Gasteiger partial charge in [-0.3, -0.25) is 0 Å². The van der Waals surface area contributed by atoms with Gasteiger partial charge in [-0.25, -0.2) is 9.97 Å². The Balaban J connectivity index is 2.73. The SMILES string of the molecule is CCCOCc1nc(C)c(CC(C)CNC)c(C)n1. The summed E-state index contributed by atoms with van der Waals surface area (Å²) in [5.41, 5.74) is 3.46. The maximum absolute atomic E-state index is 5.50. The van der Waals surface area contributed by atoms with Crippen LogP contribution >= 0.6 is 0 Å². The second kappa shape index (κ2) is 8.23. The summed E-state index contributed by atoms with van der Waals surface area (Å²) in [7, 11) is 1.99. The molecule has 1 atom stereocenters. The van der Waals surface area contributed by atoms with Gasteiger partial charge in [0.15, 0.2) is 5.82 Å². The van der Waals surface area contributed by atoms with Gasteiger partial charge in [-0.1, -0.05) is 13.8 Å². The minimum absolute atomic E-state index is 0.516. The van der Waals surface area contributed by atoms with Crippen LogP contribution in [0.4, 0.5) is 0 Å². The molecule has 4 nitrogen and oxygen atoms in total. The lowest BCUT2D eigenvalue weighted by atomic mass is 9.99. The van der Waals surface area contributed by atoms with E-state index in [0.717, 1.165) is 43.2 Å². The molecule has 0 fully saturated rings. The maximum Gasteiger partial charge on any atom is 0.154 e. The number of ether oxygens (including phenoxy) is 1. The monoisotopic (exact) mass is 265 g/mol. The Bertz CT molecular complexity index is 370.